The second-order valence-corrected chi connectivity index (χ2v) is 28.3. The largest absolute Gasteiger partial charge is 0.395 e. The standard InChI is InChI=1S/2C22H36O3.C18H28O2/c2*1-15-16(2)25-22(24-15)13-12-20(5)17(19(22,3)4)9-11-21(14-23)10-7-6-8-18(20)21;1-16(2)13-7-11-18(12-19)9-5-4-6-14(18)17(13,3)10-8-15(16)20/h2*8,15-17,23H,6-7,9-14H2,1-5H3;6,13,19H,4-5,7-12H2,1-3H3/t15-,16-,17+,20+,21-;15-,16-,17-,20-,21+;13-,17-,18+/m110/s1. The molecule has 11 aliphatic rings. The molecule has 2 aliphatic heterocycles. The number of aliphatic hydroxyl groups is 3. The molecule has 2 heterocycles. The van der Waals surface area contributed by atoms with Gasteiger partial charge in [0.15, 0.2) is 11.6 Å². The number of rotatable bonds is 3. The third-order valence-electron chi connectivity index (χ3n) is 24.1. The van der Waals surface area contributed by atoms with E-state index in [2.05, 4.69) is 108 Å². The van der Waals surface area contributed by atoms with Crippen LogP contribution in [0.2, 0.25) is 0 Å². The molecule has 0 aromatic carbocycles. The van der Waals surface area contributed by atoms with Crippen molar-refractivity contribution < 1.29 is 39.1 Å². The summed E-state index contributed by atoms with van der Waals surface area (Å²) >= 11 is 0. The quantitative estimate of drug-likeness (QED) is 0.240. The molecule has 0 radical (unpaired) electrons. The molecule has 0 unspecified atom stereocenters. The minimum Gasteiger partial charge on any atom is -0.395 e. The fourth-order valence-electron chi connectivity index (χ4n) is 19.7. The van der Waals surface area contributed by atoms with Crippen LogP contribution < -0.4 is 0 Å². The molecule has 0 amide bonds. The van der Waals surface area contributed by atoms with Gasteiger partial charge in [0, 0.05) is 51.8 Å². The molecule has 11 rings (SSSR count). The van der Waals surface area contributed by atoms with Gasteiger partial charge in [-0.1, -0.05) is 97.3 Å². The maximum atomic E-state index is 12.4. The third kappa shape index (κ3) is 7.65. The lowest BCUT2D eigenvalue weighted by atomic mass is 9.43. The van der Waals surface area contributed by atoms with Gasteiger partial charge in [-0.05, 0) is 177 Å². The molecule has 0 bridgehead atoms. The van der Waals surface area contributed by atoms with Crippen LogP contribution in [-0.2, 0) is 23.7 Å². The SMILES string of the molecule is CC1(C)C(=O)CC[C@]2(C)C3=CCCC[C@]3(CO)CC[C@@H]12.C[C@H]1OC2(CC[C@@]3(C)C4=CCCC[C@@]4(CO)CC[C@@H]3C2(C)C)O[C@@H]1C.C[C@H]1OC2(CC[C@]3(C)C4=CCCC[C@]4(CO)CC[C@H]3C2(C)C)O[C@@H]1C. The molecule has 8 heteroatoms. The van der Waals surface area contributed by atoms with Crippen LogP contribution in [0.5, 0.6) is 0 Å². The highest BCUT2D eigenvalue weighted by atomic mass is 16.8. The van der Waals surface area contributed by atoms with E-state index in [0.29, 0.717) is 43.2 Å². The van der Waals surface area contributed by atoms with Crippen LogP contribution in [0, 0.1) is 66.5 Å². The van der Waals surface area contributed by atoms with Crippen molar-refractivity contribution in [2.45, 2.75) is 261 Å². The Labute approximate surface area is 425 Å². The summed E-state index contributed by atoms with van der Waals surface area (Å²) in [5, 5.41) is 30.6. The molecule has 2 saturated heterocycles. The van der Waals surface area contributed by atoms with Crippen molar-refractivity contribution in [2.75, 3.05) is 19.8 Å². The maximum Gasteiger partial charge on any atom is 0.174 e. The second-order valence-electron chi connectivity index (χ2n) is 28.3. The van der Waals surface area contributed by atoms with Gasteiger partial charge < -0.3 is 34.3 Å². The molecule has 0 aromatic rings. The van der Waals surface area contributed by atoms with Crippen molar-refractivity contribution in [2.24, 2.45) is 66.5 Å². The van der Waals surface area contributed by atoms with Crippen LogP contribution in [0.3, 0.4) is 0 Å². The first-order chi connectivity index (χ1) is 32.8. The van der Waals surface area contributed by atoms with E-state index in [4.69, 9.17) is 18.9 Å². The zero-order valence-electron chi connectivity index (χ0n) is 46.6. The topological polar surface area (TPSA) is 115 Å². The molecule has 0 aromatic heterocycles. The van der Waals surface area contributed by atoms with Gasteiger partial charge in [-0.25, -0.2) is 0 Å². The van der Waals surface area contributed by atoms with E-state index >= 15 is 0 Å². The van der Waals surface area contributed by atoms with Gasteiger partial charge in [0.1, 0.15) is 5.78 Å². The van der Waals surface area contributed by atoms with E-state index < -0.39 is 11.6 Å². The highest BCUT2D eigenvalue weighted by molar-refractivity contribution is 5.85. The van der Waals surface area contributed by atoms with E-state index in [1.807, 2.05) is 0 Å². The predicted octanol–water partition coefficient (Wildman–Crippen LogP) is 13.5. The summed E-state index contributed by atoms with van der Waals surface area (Å²) < 4.78 is 26.0. The summed E-state index contributed by atoms with van der Waals surface area (Å²) in [4.78, 5) is 12.4. The molecule has 3 N–H and O–H groups in total. The number of hydrogen-bond acceptors (Lipinski definition) is 8. The van der Waals surface area contributed by atoms with Crippen molar-refractivity contribution in [3.05, 3.63) is 34.9 Å². The van der Waals surface area contributed by atoms with Gasteiger partial charge in [0.25, 0.3) is 0 Å². The Bertz CT molecular complexity index is 1960. The Morgan fingerprint density at radius 1 is 0.443 bits per heavy atom. The molecule has 2 spiro atoms. The Balaban J connectivity index is 0.000000131. The minimum absolute atomic E-state index is 0.0277. The summed E-state index contributed by atoms with van der Waals surface area (Å²) in [5.41, 5.74) is 4.93. The summed E-state index contributed by atoms with van der Waals surface area (Å²) in [6.45, 7) is 30.6. The number of allylic oxidation sites excluding steroid dienone is 3. The van der Waals surface area contributed by atoms with Gasteiger partial charge >= 0.3 is 0 Å². The summed E-state index contributed by atoms with van der Waals surface area (Å²) in [6, 6.07) is 0. The smallest absolute Gasteiger partial charge is 0.174 e. The molecule has 8 fully saturated rings. The lowest BCUT2D eigenvalue weighted by Gasteiger charge is -2.64. The number of aliphatic hydroxyl groups excluding tert-OH is 3. The van der Waals surface area contributed by atoms with Gasteiger partial charge in [0.05, 0.1) is 44.2 Å². The molecule has 8 nitrogen and oxygen atoms in total. The summed E-state index contributed by atoms with van der Waals surface area (Å²) in [7, 11) is 0. The molecular formula is C62H100O8. The van der Waals surface area contributed by atoms with E-state index in [9.17, 15) is 20.1 Å². The monoisotopic (exact) mass is 973 g/mol. The lowest BCUT2D eigenvalue weighted by Crippen LogP contribution is -2.62. The maximum absolute atomic E-state index is 12.4. The van der Waals surface area contributed by atoms with Crippen molar-refractivity contribution in [1.29, 1.82) is 0 Å². The van der Waals surface area contributed by atoms with Crippen molar-refractivity contribution in [1.82, 2.24) is 0 Å². The number of ketones is 1. The second kappa shape index (κ2) is 18.1. The highest BCUT2D eigenvalue weighted by Gasteiger charge is 2.69. The molecular weight excluding hydrogens is 873 g/mol. The average molecular weight is 973 g/mol. The first-order valence-corrected chi connectivity index (χ1v) is 29.0. The molecule has 6 saturated carbocycles. The van der Waals surface area contributed by atoms with Gasteiger partial charge in [-0.15, -0.1) is 0 Å². The number of Topliss-reactive ketones (excluding diaryl/α,β-unsaturated/α-hetero) is 1. The van der Waals surface area contributed by atoms with Gasteiger partial charge in [-0.3, -0.25) is 4.79 Å². The predicted molar refractivity (Wildman–Crippen MR) is 279 cm³/mol. The van der Waals surface area contributed by atoms with E-state index in [1.165, 1.54) is 50.5 Å². The van der Waals surface area contributed by atoms with E-state index in [-0.39, 0.29) is 79.8 Å². The first-order valence-electron chi connectivity index (χ1n) is 29.0. The fourth-order valence-corrected chi connectivity index (χ4v) is 19.7. The summed E-state index contributed by atoms with van der Waals surface area (Å²) in [6.07, 6.45) is 31.2. The van der Waals surface area contributed by atoms with Crippen molar-refractivity contribution >= 4 is 5.78 Å². The zero-order valence-corrected chi connectivity index (χ0v) is 46.6. The Morgan fingerprint density at radius 2 is 0.757 bits per heavy atom. The fraction of sp³-hybridized carbons (Fsp3) is 0.887. The van der Waals surface area contributed by atoms with Crippen LogP contribution in [0.15, 0.2) is 34.9 Å². The third-order valence-corrected chi connectivity index (χ3v) is 24.1. The van der Waals surface area contributed by atoms with Gasteiger partial charge in [0.2, 0.25) is 0 Å². The van der Waals surface area contributed by atoms with Gasteiger partial charge in [-0.2, -0.15) is 0 Å². The number of ether oxygens (including phenoxy) is 4. The van der Waals surface area contributed by atoms with Crippen LogP contribution in [-0.4, -0.2) is 76.9 Å². The van der Waals surface area contributed by atoms with E-state index in [1.54, 1.807) is 11.1 Å². The first kappa shape index (κ1) is 53.4. The average Bonchev–Trinajstić information content (AvgIpc) is 3.81. The number of hydrogen-bond donors (Lipinski definition) is 3. The minimum atomic E-state index is -0.440. The molecule has 13 atom stereocenters. The lowest BCUT2D eigenvalue weighted by molar-refractivity contribution is -0.295. The van der Waals surface area contributed by atoms with Crippen molar-refractivity contribution in [3.8, 4) is 0 Å². The number of carbonyl (C=O) groups is 1. The highest BCUT2D eigenvalue weighted by Crippen LogP contribution is 2.72. The Hall–Kier alpha value is -1.39. The van der Waals surface area contributed by atoms with Crippen LogP contribution in [0.4, 0.5) is 0 Å². The zero-order chi connectivity index (χ0) is 50.8. The van der Waals surface area contributed by atoms with Crippen LogP contribution in [0.25, 0.3) is 0 Å². The molecule has 70 heavy (non-hydrogen) atoms. The van der Waals surface area contributed by atoms with Crippen LogP contribution >= 0.6 is 0 Å². The van der Waals surface area contributed by atoms with Crippen LogP contribution in [0.1, 0.15) is 225 Å². The normalized spacial score (nSPS) is 46.7. The number of carbonyl (C=O) groups excluding carboxylic acids is 1. The molecule has 396 valence electrons. The summed E-state index contributed by atoms with van der Waals surface area (Å²) in [5.74, 6) is 1.08. The van der Waals surface area contributed by atoms with Crippen molar-refractivity contribution in [3.63, 3.8) is 0 Å². The Morgan fingerprint density at radius 3 is 1.09 bits per heavy atom. The molecule has 9 aliphatic carbocycles. The van der Waals surface area contributed by atoms with E-state index in [0.717, 1.165) is 83.5 Å². The Kier molecular flexibility index (Phi) is 13.8. The number of fused-ring (bicyclic) bond motifs is 9.